The van der Waals surface area contributed by atoms with Crippen LogP contribution >= 0.6 is 24.0 Å². The van der Waals surface area contributed by atoms with Crippen molar-refractivity contribution >= 4 is 41.8 Å². The molecule has 1 unspecified atom stereocenters. The average Bonchev–Trinajstić information content (AvgIpc) is 2.46. The molecule has 11 heteroatoms. The zero-order valence-corrected chi connectivity index (χ0v) is 16.9. The van der Waals surface area contributed by atoms with Crippen LogP contribution in [0.15, 0.2) is 4.99 Å². The van der Waals surface area contributed by atoms with Gasteiger partial charge in [-0.05, 0) is 13.3 Å². The van der Waals surface area contributed by atoms with E-state index in [2.05, 4.69) is 15.6 Å². The van der Waals surface area contributed by atoms with E-state index in [4.69, 9.17) is 0 Å². The Morgan fingerprint density at radius 2 is 2.08 bits per heavy atom. The third-order valence-corrected chi connectivity index (χ3v) is 3.53. The molecule has 0 aliphatic carbocycles. The Morgan fingerprint density at radius 3 is 2.60 bits per heavy atom. The van der Waals surface area contributed by atoms with Crippen molar-refractivity contribution in [3.63, 3.8) is 0 Å². The minimum Gasteiger partial charge on any atom is -0.357 e. The Bertz CT molecular complexity index is 488. The van der Waals surface area contributed by atoms with Crippen LogP contribution in [0, 0.1) is 0 Å². The molecule has 1 heterocycles. The number of nitrogens with zero attached hydrogens (tertiary/aromatic N) is 3. The van der Waals surface area contributed by atoms with Crippen molar-refractivity contribution < 1.29 is 22.8 Å². The molecular formula is C14H25F3IN5O2. The molecule has 1 atom stereocenters. The maximum Gasteiger partial charge on any atom is 0.406 e. The molecule has 146 valence electrons. The van der Waals surface area contributed by atoms with E-state index in [1.54, 1.807) is 11.9 Å². The molecule has 25 heavy (non-hydrogen) atoms. The quantitative estimate of drug-likeness (QED) is 0.348. The standard InChI is InChI=1S/C14H24F3N5O2.HI/c1-4-18-13(20-10-5-6-11(23)21(2)8-10)19-7-12(24)22(3)9-14(15,16)17;/h10H,4-9H2,1-3H3,(H2,18,19,20);1H. The Balaban J connectivity index is 0.00000576. The van der Waals surface area contributed by atoms with Crippen LogP contribution in [0.5, 0.6) is 0 Å². The first-order chi connectivity index (χ1) is 11.1. The molecule has 0 saturated carbocycles. The minimum absolute atomic E-state index is 0. The number of aliphatic imine (C=N–C) groups is 1. The fraction of sp³-hybridized carbons (Fsp3) is 0.786. The highest BCUT2D eigenvalue weighted by Gasteiger charge is 2.31. The monoisotopic (exact) mass is 479 g/mol. The van der Waals surface area contributed by atoms with Crippen molar-refractivity contribution in [2.75, 3.05) is 40.3 Å². The third-order valence-electron chi connectivity index (χ3n) is 3.53. The van der Waals surface area contributed by atoms with Crippen LogP contribution in [0.2, 0.25) is 0 Å². The molecule has 2 amide bonds. The van der Waals surface area contributed by atoms with Crippen molar-refractivity contribution in [1.29, 1.82) is 0 Å². The number of amides is 2. The summed E-state index contributed by atoms with van der Waals surface area (Å²) in [6.45, 7) is 1.20. The van der Waals surface area contributed by atoms with E-state index in [1.807, 2.05) is 6.92 Å². The van der Waals surface area contributed by atoms with E-state index in [1.165, 1.54) is 0 Å². The number of hydrogen-bond donors (Lipinski definition) is 2. The number of hydrogen-bond acceptors (Lipinski definition) is 3. The highest BCUT2D eigenvalue weighted by Crippen LogP contribution is 2.15. The zero-order valence-electron chi connectivity index (χ0n) is 14.5. The lowest BCUT2D eigenvalue weighted by Gasteiger charge is -2.31. The van der Waals surface area contributed by atoms with Crippen LogP contribution in [-0.4, -0.2) is 80.1 Å². The van der Waals surface area contributed by atoms with Gasteiger partial charge < -0.3 is 20.4 Å². The summed E-state index contributed by atoms with van der Waals surface area (Å²) in [5, 5.41) is 6.04. The van der Waals surface area contributed by atoms with Crippen molar-refractivity contribution in [1.82, 2.24) is 20.4 Å². The summed E-state index contributed by atoms with van der Waals surface area (Å²) in [4.78, 5) is 29.4. The van der Waals surface area contributed by atoms with Crippen LogP contribution in [0.4, 0.5) is 13.2 Å². The van der Waals surface area contributed by atoms with E-state index in [9.17, 15) is 22.8 Å². The van der Waals surface area contributed by atoms with Crippen molar-refractivity contribution in [3.05, 3.63) is 0 Å². The van der Waals surface area contributed by atoms with Gasteiger partial charge in [-0.3, -0.25) is 9.59 Å². The predicted octanol–water partition coefficient (Wildman–Crippen LogP) is 0.801. The number of rotatable bonds is 5. The fourth-order valence-electron chi connectivity index (χ4n) is 2.27. The largest absolute Gasteiger partial charge is 0.406 e. The summed E-state index contributed by atoms with van der Waals surface area (Å²) in [5.41, 5.74) is 0. The van der Waals surface area contributed by atoms with Crippen LogP contribution in [0.3, 0.4) is 0 Å². The number of alkyl halides is 3. The SMILES string of the molecule is CCNC(=NCC(=O)N(C)CC(F)(F)F)NC1CCC(=O)N(C)C1.I. The van der Waals surface area contributed by atoms with Crippen molar-refractivity contribution in [2.45, 2.75) is 32.0 Å². The zero-order chi connectivity index (χ0) is 18.3. The fourth-order valence-corrected chi connectivity index (χ4v) is 2.27. The van der Waals surface area contributed by atoms with Gasteiger partial charge in [0, 0.05) is 39.6 Å². The lowest BCUT2D eigenvalue weighted by atomic mass is 10.1. The minimum atomic E-state index is -4.43. The first-order valence-corrected chi connectivity index (χ1v) is 7.72. The first-order valence-electron chi connectivity index (χ1n) is 7.72. The number of halogens is 4. The molecule has 0 radical (unpaired) electrons. The number of carbonyl (C=O) groups is 2. The van der Waals surface area contributed by atoms with E-state index >= 15 is 0 Å². The highest BCUT2D eigenvalue weighted by atomic mass is 127. The Morgan fingerprint density at radius 1 is 1.44 bits per heavy atom. The Hall–Kier alpha value is -1.27. The van der Waals surface area contributed by atoms with Crippen LogP contribution in [0.25, 0.3) is 0 Å². The van der Waals surface area contributed by atoms with Gasteiger partial charge in [0.25, 0.3) is 0 Å². The molecular weight excluding hydrogens is 454 g/mol. The van der Waals surface area contributed by atoms with Gasteiger partial charge >= 0.3 is 6.18 Å². The normalized spacial score (nSPS) is 18.5. The Labute approximate surface area is 162 Å². The second-order valence-corrected chi connectivity index (χ2v) is 5.71. The van der Waals surface area contributed by atoms with E-state index < -0.39 is 18.6 Å². The molecule has 0 spiro atoms. The maximum atomic E-state index is 12.3. The molecule has 0 bridgehead atoms. The number of likely N-dealkylation sites (N-methyl/N-ethyl adjacent to an activating group) is 2. The first kappa shape index (κ1) is 23.7. The van der Waals surface area contributed by atoms with Gasteiger partial charge in [-0.25, -0.2) is 4.99 Å². The lowest BCUT2D eigenvalue weighted by Crippen LogP contribution is -2.52. The van der Waals surface area contributed by atoms with Gasteiger partial charge in [-0.15, -0.1) is 24.0 Å². The summed E-state index contributed by atoms with van der Waals surface area (Å²) in [5.74, 6) is -0.307. The van der Waals surface area contributed by atoms with Gasteiger partial charge in [0.1, 0.15) is 13.1 Å². The summed E-state index contributed by atoms with van der Waals surface area (Å²) < 4.78 is 36.8. The molecule has 1 saturated heterocycles. The number of piperidine rings is 1. The predicted molar refractivity (Wildman–Crippen MR) is 98.9 cm³/mol. The molecule has 1 aliphatic heterocycles. The molecule has 7 nitrogen and oxygen atoms in total. The van der Waals surface area contributed by atoms with Crippen LogP contribution < -0.4 is 10.6 Å². The molecule has 0 aromatic heterocycles. The van der Waals surface area contributed by atoms with Gasteiger partial charge in [-0.1, -0.05) is 0 Å². The molecule has 1 fully saturated rings. The number of nitrogens with one attached hydrogen (secondary N) is 2. The summed E-state index contributed by atoms with van der Waals surface area (Å²) >= 11 is 0. The summed E-state index contributed by atoms with van der Waals surface area (Å²) in [6.07, 6.45) is -3.38. The topological polar surface area (TPSA) is 77.0 Å². The number of carbonyl (C=O) groups excluding carboxylic acids is 2. The number of guanidine groups is 1. The van der Waals surface area contributed by atoms with Gasteiger partial charge in [0.2, 0.25) is 11.8 Å². The van der Waals surface area contributed by atoms with E-state index in [0.29, 0.717) is 36.8 Å². The van der Waals surface area contributed by atoms with Crippen molar-refractivity contribution in [3.8, 4) is 0 Å². The van der Waals surface area contributed by atoms with Gasteiger partial charge in [0.15, 0.2) is 5.96 Å². The van der Waals surface area contributed by atoms with E-state index in [-0.39, 0.29) is 42.5 Å². The molecule has 1 rings (SSSR count). The maximum absolute atomic E-state index is 12.3. The highest BCUT2D eigenvalue weighted by molar-refractivity contribution is 14.0. The second-order valence-electron chi connectivity index (χ2n) is 5.71. The number of likely N-dealkylation sites (tertiary alicyclic amines) is 1. The molecule has 0 aromatic rings. The average molecular weight is 479 g/mol. The smallest absolute Gasteiger partial charge is 0.357 e. The Kier molecular flexibility index (Phi) is 10.1. The van der Waals surface area contributed by atoms with Gasteiger partial charge in [0.05, 0.1) is 0 Å². The lowest BCUT2D eigenvalue weighted by molar-refractivity contribution is -0.157. The van der Waals surface area contributed by atoms with E-state index in [0.717, 1.165) is 7.05 Å². The molecule has 1 aliphatic rings. The van der Waals surface area contributed by atoms with Crippen LogP contribution in [0.1, 0.15) is 19.8 Å². The summed E-state index contributed by atoms with van der Waals surface area (Å²) in [7, 11) is 2.79. The third kappa shape index (κ3) is 9.12. The van der Waals surface area contributed by atoms with Crippen LogP contribution in [-0.2, 0) is 9.59 Å². The molecule has 0 aromatic carbocycles. The van der Waals surface area contributed by atoms with Gasteiger partial charge in [-0.2, -0.15) is 13.2 Å². The van der Waals surface area contributed by atoms with Crippen molar-refractivity contribution in [2.24, 2.45) is 4.99 Å². The second kappa shape index (κ2) is 10.7. The summed E-state index contributed by atoms with van der Waals surface area (Å²) in [6, 6.07) is -0.0199. The molecule has 2 N–H and O–H groups in total.